The zero-order chi connectivity index (χ0) is 38.8. The fourth-order valence-corrected chi connectivity index (χ4v) is 5.59. The molecule has 3 rings (SSSR count). The highest BCUT2D eigenvalue weighted by Crippen LogP contribution is 2.27. The number of hydrazine groups is 1. The summed E-state index contributed by atoms with van der Waals surface area (Å²) in [5.41, 5.74) is 6.12. The number of amides is 3. The minimum absolute atomic E-state index is 0.237. The molecule has 52 heavy (non-hydrogen) atoms. The molecule has 0 radical (unpaired) electrons. The van der Waals surface area contributed by atoms with Gasteiger partial charge in [0.1, 0.15) is 30.4 Å². The maximum Gasteiger partial charge on any atom is 0.408 e. The Morgan fingerprint density at radius 2 is 1.65 bits per heavy atom. The van der Waals surface area contributed by atoms with Crippen molar-refractivity contribution < 1.29 is 38.5 Å². The number of aliphatic hydroxyl groups excluding tert-OH is 1. The molecule has 1 heterocycles. The molecular formula is C37H51Cl3N4O8. The van der Waals surface area contributed by atoms with Gasteiger partial charge in [-0.3, -0.25) is 19.4 Å². The predicted molar refractivity (Wildman–Crippen MR) is 200 cm³/mol. The minimum Gasteiger partial charge on any atom is -0.460 e. The number of esters is 1. The fourth-order valence-electron chi connectivity index (χ4n) is 5.43. The predicted octanol–water partition coefficient (Wildman–Crippen LogP) is 6.15. The Bertz CT molecular complexity index is 1510. The van der Waals surface area contributed by atoms with Crippen molar-refractivity contribution in [1.29, 1.82) is 0 Å². The number of hydrogen-bond acceptors (Lipinski definition) is 9. The van der Waals surface area contributed by atoms with Gasteiger partial charge in [-0.15, -0.1) is 0 Å². The molecule has 12 nitrogen and oxygen atoms in total. The van der Waals surface area contributed by atoms with Crippen molar-refractivity contribution in [3.05, 3.63) is 59.7 Å². The molecule has 2 aromatic carbocycles. The molecule has 0 aliphatic carbocycles. The van der Waals surface area contributed by atoms with Crippen LogP contribution in [-0.2, 0) is 35.0 Å². The van der Waals surface area contributed by atoms with E-state index < -0.39 is 64.4 Å². The van der Waals surface area contributed by atoms with E-state index in [0.717, 1.165) is 22.3 Å². The maximum atomic E-state index is 13.2. The van der Waals surface area contributed by atoms with Gasteiger partial charge in [-0.05, 0) is 88.1 Å². The van der Waals surface area contributed by atoms with Crippen LogP contribution in [0.25, 0.3) is 11.1 Å². The number of alkyl carbamates (subject to hydrolysis) is 1. The van der Waals surface area contributed by atoms with Gasteiger partial charge in [0, 0.05) is 13.0 Å². The van der Waals surface area contributed by atoms with E-state index in [0.29, 0.717) is 25.8 Å². The van der Waals surface area contributed by atoms with Crippen LogP contribution in [0.15, 0.2) is 48.5 Å². The third-order valence-corrected chi connectivity index (χ3v) is 8.43. The number of halogens is 3. The van der Waals surface area contributed by atoms with Crippen LogP contribution in [0.5, 0.6) is 0 Å². The molecule has 0 saturated carbocycles. The first-order chi connectivity index (χ1) is 24.2. The lowest BCUT2D eigenvalue weighted by Gasteiger charge is -2.34. The van der Waals surface area contributed by atoms with E-state index in [2.05, 4.69) is 16.1 Å². The smallest absolute Gasteiger partial charge is 0.408 e. The molecule has 1 unspecified atom stereocenters. The highest BCUT2D eigenvalue weighted by Gasteiger charge is 2.34. The number of carbonyl (C=O) groups excluding carboxylic acids is 4. The topological polar surface area (TPSA) is 156 Å². The Balaban J connectivity index is 1.51. The number of aryl methyl sites for hydroxylation is 1. The zero-order valence-electron chi connectivity index (χ0n) is 30.7. The van der Waals surface area contributed by atoms with Crippen LogP contribution in [-0.4, -0.2) is 81.0 Å². The van der Waals surface area contributed by atoms with Gasteiger partial charge in [0.2, 0.25) is 9.70 Å². The first-order valence-corrected chi connectivity index (χ1v) is 18.5. The summed E-state index contributed by atoms with van der Waals surface area (Å²) >= 11 is 17.0. The summed E-state index contributed by atoms with van der Waals surface area (Å²) in [6.45, 7) is 12.3. The van der Waals surface area contributed by atoms with Crippen molar-refractivity contribution >= 4 is 58.7 Å². The number of nitrogens with zero attached hydrogens (tertiary/aromatic N) is 1. The molecule has 0 bridgehead atoms. The molecule has 288 valence electrons. The maximum absolute atomic E-state index is 13.2. The van der Waals surface area contributed by atoms with Gasteiger partial charge < -0.3 is 30.0 Å². The van der Waals surface area contributed by atoms with E-state index in [4.69, 9.17) is 49.0 Å². The summed E-state index contributed by atoms with van der Waals surface area (Å²) in [6.07, 6.45) is -1.08. The van der Waals surface area contributed by atoms with Crippen LogP contribution >= 0.6 is 34.8 Å². The van der Waals surface area contributed by atoms with Crippen molar-refractivity contribution in [3.8, 4) is 11.1 Å². The van der Waals surface area contributed by atoms with Crippen molar-refractivity contribution in [2.45, 2.75) is 114 Å². The number of aliphatic hydroxyl groups is 1. The Hall–Kier alpha value is -3.13. The van der Waals surface area contributed by atoms with Crippen molar-refractivity contribution in [1.82, 2.24) is 21.1 Å². The number of alkyl halides is 3. The van der Waals surface area contributed by atoms with E-state index in [1.807, 2.05) is 76.2 Å². The van der Waals surface area contributed by atoms with Gasteiger partial charge in [0.05, 0.1) is 6.04 Å². The average Bonchev–Trinajstić information content (AvgIpc) is 3.07. The Morgan fingerprint density at radius 1 is 0.981 bits per heavy atom. The number of carbonyl (C=O) groups is 4. The first-order valence-electron chi connectivity index (χ1n) is 17.4. The van der Waals surface area contributed by atoms with Gasteiger partial charge in [0.25, 0.3) is 5.91 Å². The third-order valence-electron chi connectivity index (χ3n) is 8.10. The lowest BCUT2D eigenvalue weighted by Crippen LogP contribution is -2.60. The molecule has 15 heteroatoms. The van der Waals surface area contributed by atoms with Crippen molar-refractivity contribution in [3.63, 3.8) is 0 Å². The van der Waals surface area contributed by atoms with Crippen LogP contribution in [0.4, 0.5) is 4.79 Å². The number of hydrogen-bond donors (Lipinski definition) is 4. The molecule has 1 fully saturated rings. The molecule has 2 aromatic rings. The quantitative estimate of drug-likeness (QED) is 0.100. The monoisotopic (exact) mass is 784 g/mol. The van der Waals surface area contributed by atoms with E-state index in [-0.39, 0.29) is 18.4 Å². The van der Waals surface area contributed by atoms with Gasteiger partial charge in [-0.2, -0.15) is 0 Å². The lowest BCUT2D eigenvalue weighted by molar-refractivity contribution is -0.170. The number of rotatable bonds is 14. The molecule has 1 aliphatic rings. The molecule has 3 amide bonds. The standard InChI is InChI=1S/C37H51Cl3N4O8/c1-22(2)31(32(46)41-24(4)33(47)44-19-9-12-29(43-44)34(48)50-21-37(38,39)40)51-30(45)18-15-25-13-16-26(17-14-25)28-11-8-10-27(20-28)23(3)42-35(49)52-36(5,6)7/h8,10-11,13-14,16-17,20,22-24,29-31,43,45H,9,12,15,18-19,21H2,1-7H3,(H,41,46)(H,42,49)/t23-,24+,29+,30?,31+/m1/s1. The summed E-state index contributed by atoms with van der Waals surface area (Å²) in [5.74, 6) is -1.98. The van der Waals surface area contributed by atoms with Crippen LogP contribution in [0.3, 0.4) is 0 Å². The highest BCUT2D eigenvalue weighted by molar-refractivity contribution is 6.67. The highest BCUT2D eigenvalue weighted by atomic mass is 35.6. The molecular weight excluding hydrogens is 735 g/mol. The molecule has 0 spiro atoms. The fraction of sp³-hybridized carbons (Fsp3) is 0.568. The van der Waals surface area contributed by atoms with E-state index in [9.17, 15) is 24.3 Å². The first kappa shape index (κ1) is 43.3. The Kier molecular flexibility index (Phi) is 16.0. The third kappa shape index (κ3) is 14.4. The van der Waals surface area contributed by atoms with Crippen molar-refractivity contribution in [2.24, 2.45) is 5.92 Å². The van der Waals surface area contributed by atoms with Crippen LogP contribution in [0.2, 0.25) is 0 Å². The molecule has 5 atom stereocenters. The number of benzene rings is 2. The summed E-state index contributed by atoms with van der Waals surface area (Å²) in [7, 11) is 0. The van der Waals surface area contributed by atoms with Gasteiger partial charge in [0.15, 0.2) is 6.29 Å². The number of ether oxygens (including phenoxy) is 3. The lowest BCUT2D eigenvalue weighted by atomic mass is 9.98. The van der Waals surface area contributed by atoms with E-state index in [1.54, 1.807) is 13.8 Å². The second-order valence-corrected chi connectivity index (χ2v) is 16.8. The molecule has 1 aliphatic heterocycles. The molecule has 4 N–H and O–H groups in total. The largest absolute Gasteiger partial charge is 0.460 e. The average molecular weight is 786 g/mol. The van der Waals surface area contributed by atoms with Gasteiger partial charge >= 0.3 is 12.1 Å². The second kappa shape index (κ2) is 19.3. The van der Waals surface area contributed by atoms with Crippen LogP contribution in [0, 0.1) is 5.92 Å². The number of nitrogens with one attached hydrogen (secondary N) is 3. The Morgan fingerprint density at radius 3 is 2.27 bits per heavy atom. The van der Waals surface area contributed by atoms with Gasteiger partial charge in [-0.1, -0.05) is 91.1 Å². The van der Waals surface area contributed by atoms with Gasteiger partial charge in [-0.25, -0.2) is 10.2 Å². The van der Waals surface area contributed by atoms with Crippen molar-refractivity contribution in [2.75, 3.05) is 13.2 Å². The van der Waals surface area contributed by atoms with E-state index in [1.165, 1.54) is 11.9 Å². The summed E-state index contributed by atoms with van der Waals surface area (Å²) in [4.78, 5) is 51.0. The summed E-state index contributed by atoms with van der Waals surface area (Å²) in [6, 6.07) is 13.8. The Labute approximate surface area is 321 Å². The normalized spacial score (nSPS) is 17.5. The molecule has 0 aromatic heterocycles. The minimum atomic E-state index is -1.76. The SMILES string of the molecule is CC(C)[C@H](OC(O)CCc1ccc(-c2cccc([C@@H](C)NC(=O)OC(C)(C)C)c2)cc1)C(=O)N[C@@H](C)C(=O)N1CCC[C@@H](C(=O)OCC(Cl)(Cl)Cl)N1. The van der Waals surface area contributed by atoms with Crippen LogP contribution < -0.4 is 16.1 Å². The summed E-state index contributed by atoms with van der Waals surface area (Å²) in [5, 5.41) is 17.6. The zero-order valence-corrected chi connectivity index (χ0v) is 33.0. The van der Waals surface area contributed by atoms with Crippen LogP contribution in [0.1, 0.15) is 84.9 Å². The second-order valence-electron chi connectivity index (χ2n) is 14.3. The summed E-state index contributed by atoms with van der Waals surface area (Å²) < 4.78 is 14.4. The molecule has 1 saturated heterocycles. The van der Waals surface area contributed by atoms with E-state index >= 15 is 0 Å².